The van der Waals surface area contributed by atoms with Crippen LogP contribution in [0.15, 0.2) is 82.7 Å². The van der Waals surface area contributed by atoms with Crippen molar-refractivity contribution in [3.05, 3.63) is 99.3 Å². The van der Waals surface area contributed by atoms with E-state index in [1.165, 1.54) is 16.3 Å². The van der Waals surface area contributed by atoms with Gasteiger partial charge in [0.15, 0.2) is 5.16 Å². The van der Waals surface area contributed by atoms with Gasteiger partial charge in [-0.1, -0.05) is 71.9 Å². The van der Waals surface area contributed by atoms with Crippen molar-refractivity contribution in [1.29, 1.82) is 0 Å². The van der Waals surface area contributed by atoms with E-state index in [0.29, 0.717) is 26.8 Å². The molecule has 0 fully saturated rings. The Morgan fingerprint density at radius 1 is 1.06 bits per heavy atom. The Kier molecular flexibility index (Phi) is 6.11. The summed E-state index contributed by atoms with van der Waals surface area (Å²) in [7, 11) is 1.67. The molecule has 0 saturated carbocycles. The molecule has 156 valence electrons. The topological polar surface area (TPSA) is 64.0 Å². The van der Waals surface area contributed by atoms with Gasteiger partial charge in [-0.15, -0.1) is 0 Å². The van der Waals surface area contributed by atoms with E-state index in [1.807, 2.05) is 61.5 Å². The van der Waals surface area contributed by atoms with Gasteiger partial charge in [-0.25, -0.2) is 4.98 Å². The molecule has 1 amide bonds. The number of halogens is 1. The molecular formula is C24H20ClN3O2S. The summed E-state index contributed by atoms with van der Waals surface area (Å²) in [6, 6.07) is 22.0. The van der Waals surface area contributed by atoms with Crippen LogP contribution in [0.25, 0.3) is 10.9 Å². The maximum Gasteiger partial charge on any atom is 0.261 e. The highest BCUT2D eigenvalue weighted by molar-refractivity contribution is 8.00. The number of amides is 1. The molecule has 4 aromatic rings. The van der Waals surface area contributed by atoms with Crippen LogP contribution in [-0.2, 0) is 11.8 Å². The molecule has 1 aromatic heterocycles. The molecule has 0 radical (unpaired) electrons. The molecule has 0 bridgehead atoms. The number of carbonyl (C=O) groups excluding carboxylic acids is 1. The monoisotopic (exact) mass is 449 g/mol. The van der Waals surface area contributed by atoms with E-state index in [9.17, 15) is 9.59 Å². The Hall–Kier alpha value is -3.09. The number of benzene rings is 3. The minimum Gasteiger partial charge on any atom is -0.325 e. The summed E-state index contributed by atoms with van der Waals surface area (Å²) in [4.78, 5) is 30.7. The Balaban J connectivity index is 1.72. The largest absolute Gasteiger partial charge is 0.325 e. The van der Waals surface area contributed by atoms with Gasteiger partial charge in [-0.3, -0.25) is 14.2 Å². The third-order valence-corrected chi connectivity index (χ3v) is 6.65. The van der Waals surface area contributed by atoms with Gasteiger partial charge in [-0.05, 0) is 42.3 Å². The number of para-hydroxylation sites is 1. The number of aromatic nitrogens is 2. The highest BCUT2D eigenvalue weighted by atomic mass is 35.5. The van der Waals surface area contributed by atoms with E-state index < -0.39 is 5.25 Å². The number of nitrogens with zero attached hydrogens (tertiary/aromatic N) is 2. The second kappa shape index (κ2) is 8.96. The van der Waals surface area contributed by atoms with Crippen molar-refractivity contribution >= 4 is 45.9 Å². The van der Waals surface area contributed by atoms with Gasteiger partial charge in [0.2, 0.25) is 5.91 Å². The Morgan fingerprint density at radius 2 is 1.77 bits per heavy atom. The van der Waals surface area contributed by atoms with E-state index in [2.05, 4.69) is 10.3 Å². The minimum absolute atomic E-state index is 0.148. The Labute approximate surface area is 189 Å². The zero-order valence-electron chi connectivity index (χ0n) is 17.0. The van der Waals surface area contributed by atoms with Crippen LogP contribution >= 0.6 is 23.4 Å². The summed E-state index contributed by atoms with van der Waals surface area (Å²) < 4.78 is 1.49. The normalized spacial score (nSPS) is 12.0. The molecule has 7 heteroatoms. The lowest BCUT2D eigenvalue weighted by Crippen LogP contribution is -2.23. The lowest BCUT2D eigenvalue weighted by atomic mass is 10.1. The predicted molar refractivity (Wildman–Crippen MR) is 127 cm³/mol. The van der Waals surface area contributed by atoms with Crippen LogP contribution in [0.3, 0.4) is 0 Å². The van der Waals surface area contributed by atoms with Gasteiger partial charge in [0.25, 0.3) is 5.56 Å². The Bertz CT molecular complexity index is 1320. The van der Waals surface area contributed by atoms with Crippen LogP contribution in [0.4, 0.5) is 5.69 Å². The molecule has 0 saturated heterocycles. The highest BCUT2D eigenvalue weighted by Crippen LogP contribution is 2.35. The molecule has 0 aliphatic carbocycles. The molecular weight excluding hydrogens is 430 g/mol. The summed E-state index contributed by atoms with van der Waals surface area (Å²) >= 11 is 7.45. The smallest absolute Gasteiger partial charge is 0.261 e. The van der Waals surface area contributed by atoms with Crippen molar-refractivity contribution < 1.29 is 4.79 Å². The molecule has 0 aliphatic heterocycles. The van der Waals surface area contributed by atoms with Gasteiger partial charge in [0.1, 0.15) is 5.25 Å². The van der Waals surface area contributed by atoms with Gasteiger partial charge in [0.05, 0.1) is 10.9 Å². The van der Waals surface area contributed by atoms with Crippen molar-refractivity contribution in [2.24, 2.45) is 7.05 Å². The van der Waals surface area contributed by atoms with Crippen LogP contribution in [0.2, 0.25) is 5.02 Å². The van der Waals surface area contributed by atoms with E-state index in [4.69, 9.17) is 11.6 Å². The predicted octanol–water partition coefficient (Wildman–Crippen LogP) is 5.37. The fraction of sp³-hybridized carbons (Fsp3) is 0.125. The molecule has 1 unspecified atom stereocenters. The first-order valence-electron chi connectivity index (χ1n) is 9.68. The van der Waals surface area contributed by atoms with E-state index >= 15 is 0 Å². The first-order chi connectivity index (χ1) is 14.9. The first kappa shape index (κ1) is 21.2. The lowest BCUT2D eigenvalue weighted by molar-refractivity contribution is -0.115. The molecule has 3 aromatic carbocycles. The second-order valence-electron chi connectivity index (χ2n) is 7.14. The molecule has 5 nitrogen and oxygen atoms in total. The summed E-state index contributed by atoms with van der Waals surface area (Å²) in [5.41, 5.74) is 2.81. The third kappa shape index (κ3) is 4.50. The van der Waals surface area contributed by atoms with Crippen molar-refractivity contribution in [3.63, 3.8) is 0 Å². The number of nitrogens with one attached hydrogen (secondary N) is 1. The number of hydrogen-bond donors (Lipinski definition) is 1. The van der Waals surface area contributed by atoms with Gasteiger partial charge in [0, 0.05) is 17.8 Å². The summed E-state index contributed by atoms with van der Waals surface area (Å²) in [6.07, 6.45) is 0. The number of carbonyl (C=O) groups is 1. The van der Waals surface area contributed by atoms with Crippen LogP contribution in [-0.4, -0.2) is 15.5 Å². The van der Waals surface area contributed by atoms with Crippen molar-refractivity contribution in [2.75, 3.05) is 5.32 Å². The van der Waals surface area contributed by atoms with E-state index in [-0.39, 0.29) is 11.5 Å². The van der Waals surface area contributed by atoms with Crippen molar-refractivity contribution in [1.82, 2.24) is 9.55 Å². The molecule has 0 aliphatic rings. The number of rotatable bonds is 5. The molecule has 4 rings (SSSR count). The maximum absolute atomic E-state index is 13.3. The van der Waals surface area contributed by atoms with Gasteiger partial charge >= 0.3 is 0 Å². The lowest BCUT2D eigenvalue weighted by Gasteiger charge is -2.18. The minimum atomic E-state index is -0.611. The third-order valence-electron chi connectivity index (χ3n) is 4.95. The number of fused-ring (bicyclic) bond motifs is 1. The zero-order valence-corrected chi connectivity index (χ0v) is 18.6. The zero-order chi connectivity index (χ0) is 22.0. The fourth-order valence-corrected chi connectivity index (χ4v) is 4.43. The average Bonchev–Trinajstić information content (AvgIpc) is 2.78. The van der Waals surface area contributed by atoms with Crippen LogP contribution in [0.1, 0.15) is 16.4 Å². The molecule has 31 heavy (non-hydrogen) atoms. The molecule has 0 spiro atoms. The summed E-state index contributed by atoms with van der Waals surface area (Å²) in [6.45, 7) is 1.91. The van der Waals surface area contributed by atoms with Gasteiger partial charge in [-0.2, -0.15) is 0 Å². The van der Waals surface area contributed by atoms with E-state index in [0.717, 1.165) is 11.1 Å². The summed E-state index contributed by atoms with van der Waals surface area (Å²) in [5.74, 6) is -0.224. The maximum atomic E-state index is 13.3. The number of hydrogen-bond acceptors (Lipinski definition) is 4. The molecule has 1 N–H and O–H groups in total. The number of anilines is 1. The standard InChI is InChI=1S/C24H20ClN3O2S/c1-15-12-13-17(14-19(15)25)26-22(29)21(16-8-4-3-5-9-16)31-24-27-20-11-7-6-10-18(20)23(30)28(24)2/h3-14,21H,1-2H3,(H,26,29). The Morgan fingerprint density at radius 3 is 2.52 bits per heavy atom. The first-order valence-corrected chi connectivity index (χ1v) is 10.9. The van der Waals surface area contributed by atoms with Crippen molar-refractivity contribution in [3.8, 4) is 0 Å². The van der Waals surface area contributed by atoms with Crippen molar-refractivity contribution in [2.45, 2.75) is 17.3 Å². The SMILES string of the molecule is Cc1ccc(NC(=O)C(Sc2nc3ccccc3c(=O)n2C)c2ccccc2)cc1Cl. The molecule has 1 heterocycles. The summed E-state index contributed by atoms with van der Waals surface area (Å²) in [5, 5.41) is 3.93. The quantitative estimate of drug-likeness (QED) is 0.328. The average molecular weight is 450 g/mol. The molecule has 1 atom stereocenters. The van der Waals surface area contributed by atoms with Crippen LogP contribution < -0.4 is 10.9 Å². The van der Waals surface area contributed by atoms with Gasteiger partial charge < -0.3 is 5.32 Å². The fourth-order valence-electron chi connectivity index (χ4n) is 3.19. The number of aryl methyl sites for hydroxylation is 1. The van der Waals surface area contributed by atoms with Crippen LogP contribution in [0, 0.1) is 6.92 Å². The highest BCUT2D eigenvalue weighted by Gasteiger charge is 2.25. The van der Waals surface area contributed by atoms with Crippen LogP contribution in [0.5, 0.6) is 0 Å². The second-order valence-corrected chi connectivity index (χ2v) is 8.62. The van der Waals surface area contributed by atoms with E-state index in [1.54, 1.807) is 25.2 Å². The number of thioether (sulfide) groups is 1.